The van der Waals surface area contributed by atoms with Gasteiger partial charge in [-0.2, -0.15) is 0 Å². The third kappa shape index (κ3) is 2.39. The maximum atomic E-state index is 6.02. The molecule has 1 aromatic heterocycles. The van der Waals surface area contributed by atoms with E-state index in [1.54, 1.807) is 11.3 Å². The highest BCUT2D eigenvalue weighted by Gasteiger charge is 2.36. The van der Waals surface area contributed by atoms with Gasteiger partial charge in [0.15, 0.2) is 0 Å². The molecule has 0 bridgehead atoms. The lowest BCUT2D eigenvalue weighted by Gasteiger charge is -2.25. The minimum absolute atomic E-state index is 0.514. The van der Waals surface area contributed by atoms with Gasteiger partial charge in [0.25, 0.3) is 0 Å². The van der Waals surface area contributed by atoms with Crippen LogP contribution in [-0.2, 0) is 0 Å². The fourth-order valence-corrected chi connectivity index (χ4v) is 4.28. The van der Waals surface area contributed by atoms with E-state index < -0.39 is 0 Å². The van der Waals surface area contributed by atoms with Gasteiger partial charge in [-0.05, 0) is 44.4 Å². The number of piperidine rings is 1. The summed E-state index contributed by atoms with van der Waals surface area (Å²) in [5, 5.41) is 3.66. The zero-order chi connectivity index (χ0) is 11.8. The maximum absolute atomic E-state index is 6.02. The maximum Gasteiger partial charge on any atom is 0.0931 e. The molecule has 2 fully saturated rings. The Morgan fingerprint density at radius 2 is 2.35 bits per heavy atom. The van der Waals surface area contributed by atoms with Gasteiger partial charge in [-0.15, -0.1) is 11.3 Å². The van der Waals surface area contributed by atoms with E-state index in [4.69, 9.17) is 11.6 Å². The second-order valence-corrected chi connectivity index (χ2v) is 6.98. The highest BCUT2D eigenvalue weighted by molar-refractivity contribution is 7.16. The lowest BCUT2D eigenvalue weighted by molar-refractivity contribution is 0.254. The number of thiophene rings is 1. The van der Waals surface area contributed by atoms with E-state index in [1.165, 1.54) is 37.4 Å². The van der Waals surface area contributed by atoms with E-state index in [0.717, 1.165) is 16.3 Å². The molecule has 0 saturated carbocycles. The molecular weight excluding hydrogens is 252 g/mol. The molecule has 17 heavy (non-hydrogen) atoms. The van der Waals surface area contributed by atoms with Gasteiger partial charge in [-0.1, -0.05) is 11.6 Å². The topological polar surface area (TPSA) is 15.3 Å². The van der Waals surface area contributed by atoms with E-state index in [2.05, 4.69) is 23.2 Å². The number of rotatable bonds is 2. The van der Waals surface area contributed by atoms with Crippen LogP contribution in [0.25, 0.3) is 0 Å². The van der Waals surface area contributed by atoms with Gasteiger partial charge in [0.2, 0.25) is 0 Å². The summed E-state index contributed by atoms with van der Waals surface area (Å²) < 4.78 is 0.904. The molecule has 2 saturated heterocycles. The zero-order valence-corrected chi connectivity index (χ0v) is 11.7. The van der Waals surface area contributed by atoms with Crippen LogP contribution in [0, 0.1) is 5.92 Å². The second-order valence-electron chi connectivity index (χ2n) is 5.23. The van der Waals surface area contributed by atoms with Crippen LogP contribution < -0.4 is 5.32 Å². The first kappa shape index (κ1) is 12.0. The first-order valence-electron chi connectivity index (χ1n) is 6.46. The lowest BCUT2D eigenvalue weighted by Crippen LogP contribution is -2.40. The van der Waals surface area contributed by atoms with Crippen molar-refractivity contribution in [3.05, 3.63) is 21.3 Å². The van der Waals surface area contributed by atoms with Gasteiger partial charge in [0, 0.05) is 30.1 Å². The van der Waals surface area contributed by atoms with Crippen LogP contribution in [-0.4, -0.2) is 30.6 Å². The van der Waals surface area contributed by atoms with Gasteiger partial charge in [-0.25, -0.2) is 0 Å². The molecule has 0 amide bonds. The highest BCUT2D eigenvalue weighted by atomic mass is 35.5. The molecule has 1 aromatic rings. The van der Waals surface area contributed by atoms with Crippen LogP contribution in [0.15, 0.2) is 12.1 Å². The fraction of sp³-hybridized carbons (Fsp3) is 0.692. The fourth-order valence-electron chi connectivity index (χ4n) is 3.13. The second kappa shape index (κ2) is 4.88. The summed E-state index contributed by atoms with van der Waals surface area (Å²) >= 11 is 7.74. The quantitative estimate of drug-likeness (QED) is 0.888. The standard InChI is InChI=1S/C13H19ClN2S/c1-9(12-4-5-13(14)17-12)16-7-10-3-2-6-15-11(10)8-16/h4-5,9-11,15H,2-3,6-8H2,1H3/t9?,10-,11+/m0/s1. The molecule has 3 atom stereocenters. The summed E-state index contributed by atoms with van der Waals surface area (Å²) in [7, 11) is 0. The van der Waals surface area contributed by atoms with Crippen molar-refractivity contribution in [2.24, 2.45) is 5.92 Å². The number of hydrogen-bond donors (Lipinski definition) is 1. The number of likely N-dealkylation sites (tertiary alicyclic amines) is 1. The smallest absolute Gasteiger partial charge is 0.0931 e. The van der Waals surface area contributed by atoms with Crippen molar-refractivity contribution in [3.63, 3.8) is 0 Å². The largest absolute Gasteiger partial charge is 0.312 e. The highest BCUT2D eigenvalue weighted by Crippen LogP contribution is 2.35. The molecule has 2 aliphatic heterocycles. The van der Waals surface area contributed by atoms with Gasteiger partial charge >= 0.3 is 0 Å². The number of halogens is 1. The molecule has 1 unspecified atom stereocenters. The minimum Gasteiger partial charge on any atom is -0.312 e. The zero-order valence-electron chi connectivity index (χ0n) is 10.2. The van der Waals surface area contributed by atoms with E-state index in [0.29, 0.717) is 6.04 Å². The Balaban J connectivity index is 1.69. The molecule has 0 aliphatic carbocycles. The predicted molar refractivity (Wildman–Crippen MR) is 73.8 cm³/mol. The third-order valence-corrected chi connectivity index (χ3v) is 5.58. The van der Waals surface area contributed by atoms with Crippen LogP contribution in [0.5, 0.6) is 0 Å². The molecule has 4 heteroatoms. The average molecular weight is 271 g/mol. The van der Waals surface area contributed by atoms with Crippen LogP contribution in [0.2, 0.25) is 4.34 Å². The van der Waals surface area contributed by atoms with Crippen LogP contribution in [0.4, 0.5) is 0 Å². The minimum atomic E-state index is 0.514. The van der Waals surface area contributed by atoms with Gasteiger partial charge in [0.05, 0.1) is 4.34 Å². The average Bonchev–Trinajstić information content (AvgIpc) is 2.93. The number of nitrogens with zero attached hydrogens (tertiary/aromatic N) is 1. The Kier molecular flexibility index (Phi) is 3.44. The first-order chi connectivity index (χ1) is 8.24. The monoisotopic (exact) mass is 270 g/mol. The van der Waals surface area contributed by atoms with Gasteiger partial charge in [0.1, 0.15) is 0 Å². The van der Waals surface area contributed by atoms with Crippen molar-refractivity contribution in [1.29, 1.82) is 0 Å². The Morgan fingerprint density at radius 1 is 1.47 bits per heavy atom. The van der Waals surface area contributed by atoms with E-state index >= 15 is 0 Å². The van der Waals surface area contributed by atoms with Crippen LogP contribution in [0.1, 0.15) is 30.7 Å². The molecule has 2 aliphatic rings. The molecule has 3 heterocycles. The Labute approximate surface area is 112 Å². The van der Waals surface area contributed by atoms with Crippen LogP contribution in [0.3, 0.4) is 0 Å². The Hall–Kier alpha value is -0.0900. The predicted octanol–water partition coefficient (Wildman–Crippen LogP) is 3.15. The first-order valence-corrected chi connectivity index (χ1v) is 7.66. The lowest BCUT2D eigenvalue weighted by atomic mass is 9.94. The van der Waals surface area contributed by atoms with Crippen molar-refractivity contribution in [2.45, 2.75) is 31.8 Å². The number of fused-ring (bicyclic) bond motifs is 1. The third-order valence-electron chi connectivity index (χ3n) is 4.18. The van der Waals surface area contributed by atoms with Crippen molar-refractivity contribution in [2.75, 3.05) is 19.6 Å². The molecule has 0 aromatic carbocycles. The van der Waals surface area contributed by atoms with Gasteiger partial charge in [-0.3, -0.25) is 4.90 Å². The summed E-state index contributed by atoms with van der Waals surface area (Å²) in [6.45, 7) is 5.95. The summed E-state index contributed by atoms with van der Waals surface area (Å²) in [5.74, 6) is 0.863. The van der Waals surface area contributed by atoms with Crippen molar-refractivity contribution in [1.82, 2.24) is 10.2 Å². The Bertz CT molecular complexity index is 379. The molecule has 2 nitrogen and oxygen atoms in total. The van der Waals surface area contributed by atoms with Crippen molar-refractivity contribution < 1.29 is 0 Å². The van der Waals surface area contributed by atoms with Crippen LogP contribution >= 0.6 is 22.9 Å². The summed E-state index contributed by atoms with van der Waals surface area (Å²) in [6.07, 6.45) is 2.74. The molecule has 0 radical (unpaired) electrons. The van der Waals surface area contributed by atoms with E-state index in [9.17, 15) is 0 Å². The Morgan fingerprint density at radius 3 is 3.06 bits per heavy atom. The van der Waals surface area contributed by atoms with Crippen molar-refractivity contribution >= 4 is 22.9 Å². The normalized spacial score (nSPS) is 31.4. The molecule has 0 spiro atoms. The van der Waals surface area contributed by atoms with Crippen molar-refractivity contribution in [3.8, 4) is 0 Å². The van der Waals surface area contributed by atoms with Gasteiger partial charge < -0.3 is 5.32 Å². The summed E-state index contributed by atoms with van der Waals surface area (Å²) in [6, 6.07) is 5.42. The number of nitrogens with one attached hydrogen (secondary N) is 1. The molecule has 94 valence electrons. The number of hydrogen-bond acceptors (Lipinski definition) is 3. The SMILES string of the molecule is CC(c1ccc(Cl)s1)N1C[C@@H]2CCCN[C@@H]2C1. The molecular formula is C13H19ClN2S. The summed E-state index contributed by atoms with van der Waals surface area (Å²) in [5.41, 5.74) is 0. The molecule has 3 rings (SSSR count). The summed E-state index contributed by atoms with van der Waals surface area (Å²) in [4.78, 5) is 4.00. The van der Waals surface area contributed by atoms with E-state index in [1.807, 2.05) is 6.07 Å². The van der Waals surface area contributed by atoms with E-state index in [-0.39, 0.29) is 0 Å². The molecule has 1 N–H and O–H groups in total.